The van der Waals surface area contributed by atoms with E-state index in [0.29, 0.717) is 19.0 Å². The number of nitrogens with two attached hydrogens (primary N) is 1. The molecule has 5 heteroatoms. The zero-order chi connectivity index (χ0) is 15.5. The summed E-state index contributed by atoms with van der Waals surface area (Å²) < 4.78 is 24.4. The molecule has 3 rings (SSSR count). The number of ether oxygens (including phenoxy) is 2. The van der Waals surface area contributed by atoms with Gasteiger partial charge in [0.25, 0.3) is 0 Å². The van der Waals surface area contributed by atoms with Crippen molar-refractivity contribution in [2.24, 2.45) is 11.7 Å². The summed E-state index contributed by atoms with van der Waals surface area (Å²) in [5.74, 6) is 0.584. The van der Waals surface area contributed by atoms with Gasteiger partial charge in [-0.1, -0.05) is 12.2 Å². The lowest BCUT2D eigenvalue weighted by molar-refractivity contribution is 0.0571. The van der Waals surface area contributed by atoms with Crippen LogP contribution in [0, 0.1) is 11.7 Å². The maximum Gasteiger partial charge on any atom is 0.142 e. The molecule has 0 amide bonds. The lowest BCUT2D eigenvalue weighted by Crippen LogP contribution is -2.35. The van der Waals surface area contributed by atoms with Gasteiger partial charge >= 0.3 is 0 Å². The molecule has 1 aromatic carbocycles. The second kappa shape index (κ2) is 6.42. The fourth-order valence-corrected chi connectivity index (χ4v) is 2.79. The molecule has 2 N–H and O–H groups in total. The summed E-state index contributed by atoms with van der Waals surface area (Å²) in [5.41, 5.74) is 7.48. The molecule has 0 radical (unpaired) electrons. The average molecular weight is 302 g/mol. The van der Waals surface area contributed by atoms with Gasteiger partial charge in [-0.15, -0.1) is 0 Å². The number of fused-ring (bicyclic) bond motifs is 1. The third-order valence-electron chi connectivity index (χ3n) is 3.86. The molecule has 0 saturated carbocycles. The normalized spacial score (nSPS) is 22.3. The van der Waals surface area contributed by atoms with E-state index in [4.69, 9.17) is 15.2 Å². The summed E-state index contributed by atoms with van der Waals surface area (Å²) in [5, 5.41) is 0.733. The minimum absolute atomic E-state index is 0.0666. The van der Waals surface area contributed by atoms with Gasteiger partial charge in [-0.25, -0.2) is 4.39 Å². The first kappa shape index (κ1) is 14.9. The highest BCUT2D eigenvalue weighted by molar-refractivity contribution is 5.90. The Balaban J connectivity index is 1.98. The van der Waals surface area contributed by atoms with Gasteiger partial charge in [-0.2, -0.15) is 0 Å². The van der Waals surface area contributed by atoms with Crippen LogP contribution in [0.5, 0.6) is 5.75 Å². The topological polar surface area (TPSA) is 57.4 Å². The summed E-state index contributed by atoms with van der Waals surface area (Å²) in [4.78, 5) is 4.11. The zero-order valence-electron chi connectivity index (χ0n) is 12.5. The Labute approximate surface area is 128 Å². The minimum atomic E-state index is -0.363. The first-order valence-electron chi connectivity index (χ1n) is 7.31. The maximum atomic E-state index is 13.5. The first-order valence-corrected chi connectivity index (χ1v) is 7.31. The van der Waals surface area contributed by atoms with Crippen LogP contribution in [-0.2, 0) is 4.74 Å². The van der Waals surface area contributed by atoms with Gasteiger partial charge < -0.3 is 15.2 Å². The summed E-state index contributed by atoms with van der Waals surface area (Å²) in [6.07, 6.45) is 6.11. The Bertz CT molecular complexity index is 702. The largest absolute Gasteiger partial charge is 0.496 e. The van der Waals surface area contributed by atoms with Crippen LogP contribution < -0.4 is 10.5 Å². The molecule has 1 aliphatic rings. The van der Waals surface area contributed by atoms with Crippen LogP contribution in [0.3, 0.4) is 0 Å². The summed E-state index contributed by atoms with van der Waals surface area (Å²) >= 11 is 0. The minimum Gasteiger partial charge on any atom is -0.496 e. The number of hydrogen-bond donors (Lipinski definition) is 1. The number of methoxy groups -OCH3 is 1. The van der Waals surface area contributed by atoms with Crippen LogP contribution in [0.15, 0.2) is 30.5 Å². The highest BCUT2D eigenvalue weighted by atomic mass is 19.1. The summed E-state index contributed by atoms with van der Waals surface area (Å²) in [6, 6.07) is 5.21. The number of aromatic nitrogens is 1. The molecule has 2 atom stereocenters. The quantitative estimate of drug-likeness (QED) is 0.947. The van der Waals surface area contributed by atoms with Crippen molar-refractivity contribution in [2.45, 2.75) is 12.5 Å². The molecule has 0 bridgehead atoms. The van der Waals surface area contributed by atoms with E-state index >= 15 is 0 Å². The van der Waals surface area contributed by atoms with E-state index in [-0.39, 0.29) is 17.8 Å². The van der Waals surface area contributed by atoms with Gasteiger partial charge in [0, 0.05) is 22.9 Å². The monoisotopic (exact) mass is 302 g/mol. The third kappa shape index (κ3) is 3.10. The molecule has 2 unspecified atom stereocenters. The van der Waals surface area contributed by atoms with Crippen LogP contribution >= 0.6 is 0 Å². The lowest BCUT2D eigenvalue weighted by atomic mass is 9.97. The predicted octanol–water partition coefficient (Wildman–Crippen LogP) is 2.76. The van der Waals surface area contributed by atoms with Crippen molar-refractivity contribution in [3.05, 3.63) is 41.9 Å². The smallest absolute Gasteiger partial charge is 0.142 e. The maximum absolute atomic E-state index is 13.5. The SMILES string of the molecule is COc1ccc2ncc(F)cc2c1/C=C/C1COCC(N)C1. The number of nitrogens with zero attached hydrogens (tertiary/aromatic N) is 1. The van der Waals surface area contributed by atoms with Crippen molar-refractivity contribution in [1.82, 2.24) is 4.98 Å². The van der Waals surface area contributed by atoms with Crippen molar-refractivity contribution in [1.29, 1.82) is 0 Å². The van der Waals surface area contributed by atoms with Crippen molar-refractivity contribution < 1.29 is 13.9 Å². The van der Waals surface area contributed by atoms with Crippen molar-refractivity contribution in [3.63, 3.8) is 0 Å². The van der Waals surface area contributed by atoms with Gasteiger partial charge in [-0.05, 0) is 24.6 Å². The zero-order valence-corrected chi connectivity index (χ0v) is 12.5. The van der Waals surface area contributed by atoms with E-state index in [2.05, 4.69) is 11.1 Å². The lowest BCUT2D eigenvalue weighted by Gasteiger charge is -2.24. The molecule has 4 nitrogen and oxygen atoms in total. The van der Waals surface area contributed by atoms with Crippen LogP contribution in [0.4, 0.5) is 4.39 Å². The summed E-state index contributed by atoms with van der Waals surface area (Å²) in [6.45, 7) is 1.26. The molecule has 0 aliphatic carbocycles. The second-order valence-electron chi connectivity index (χ2n) is 5.55. The summed E-state index contributed by atoms with van der Waals surface area (Å²) in [7, 11) is 1.60. The third-order valence-corrected chi connectivity index (χ3v) is 3.86. The number of halogens is 1. The van der Waals surface area contributed by atoms with Crippen LogP contribution in [0.25, 0.3) is 17.0 Å². The second-order valence-corrected chi connectivity index (χ2v) is 5.55. The molecule has 1 fully saturated rings. The van der Waals surface area contributed by atoms with E-state index in [0.717, 1.165) is 22.9 Å². The molecule has 1 aliphatic heterocycles. The Morgan fingerprint density at radius 2 is 2.27 bits per heavy atom. The predicted molar refractivity (Wildman–Crippen MR) is 84.2 cm³/mol. The van der Waals surface area contributed by atoms with Crippen LogP contribution in [-0.4, -0.2) is 31.3 Å². The number of rotatable bonds is 3. The highest BCUT2D eigenvalue weighted by Crippen LogP contribution is 2.29. The Morgan fingerprint density at radius 3 is 3.05 bits per heavy atom. The van der Waals surface area contributed by atoms with Gasteiger partial charge in [-0.3, -0.25) is 4.98 Å². The molecule has 2 heterocycles. The fraction of sp³-hybridized carbons (Fsp3) is 0.353. The number of hydrogen-bond acceptors (Lipinski definition) is 4. The molecule has 22 heavy (non-hydrogen) atoms. The van der Waals surface area contributed by atoms with Crippen molar-refractivity contribution in [2.75, 3.05) is 20.3 Å². The molecule has 2 aromatic rings. The average Bonchev–Trinajstić information content (AvgIpc) is 2.52. The van der Waals surface area contributed by atoms with E-state index < -0.39 is 0 Å². The van der Waals surface area contributed by atoms with E-state index in [1.54, 1.807) is 7.11 Å². The highest BCUT2D eigenvalue weighted by Gasteiger charge is 2.17. The van der Waals surface area contributed by atoms with Gasteiger partial charge in [0.1, 0.15) is 11.6 Å². The fourth-order valence-electron chi connectivity index (χ4n) is 2.79. The van der Waals surface area contributed by atoms with Crippen molar-refractivity contribution >= 4 is 17.0 Å². The first-order chi connectivity index (χ1) is 10.7. The number of pyridine rings is 1. The van der Waals surface area contributed by atoms with E-state index in [1.165, 1.54) is 12.3 Å². The molecule has 1 saturated heterocycles. The number of benzene rings is 1. The molecule has 0 spiro atoms. The van der Waals surface area contributed by atoms with Crippen LogP contribution in [0.1, 0.15) is 12.0 Å². The molecule has 1 aromatic heterocycles. The van der Waals surface area contributed by atoms with E-state index in [1.807, 2.05) is 18.2 Å². The van der Waals surface area contributed by atoms with Gasteiger partial charge in [0.05, 0.1) is 32.0 Å². The molecule has 116 valence electrons. The van der Waals surface area contributed by atoms with Crippen molar-refractivity contribution in [3.8, 4) is 5.75 Å². The molecular formula is C17H19FN2O2. The van der Waals surface area contributed by atoms with Gasteiger partial charge in [0.2, 0.25) is 0 Å². The standard InChI is InChI=1S/C17H19FN2O2/c1-21-17-5-4-16-15(7-12(18)8-20-16)14(17)3-2-11-6-13(19)10-22-9-11/h2-5,7-8,11,13H,6,9-10,19H2,1H3/b3-2+. The van der Waals surface area contributed by atoms with E-state index in [9.17, 15) is 4.39 Å². The van der Waals surface area contributed by atoms with Crippen LogP contribution in [0.2, 0.25) is 0 Å². The van der Waals surface area contributed by atoms with Gasteiger partial charge in [0.15, 0.2) is 0 Å². The Kier molecular flexibility index (Phi) is 4.36. The Hall–Kier alpha value is -1.98. The molecular weight excluding hydrogens is 283 g/mol. The Morgan fingerprint density at radius 1 is 1.41 bits per heavy atom.